The number of nitrogens with zero attached hydrogens (tertiary/aromatic N) is 3. The summed E-state index contributed by atoms with van der Waals surface area (Å²) in [5.74, 6) is 1.40. The van der Waals surface area contributed by atoms with E-state index in [9.17, 15) is 14.9 Å². The third-order valence-electron chi connectivity index (χ3n) is 9.52. The molecule has 1 unspecified atom stereocenters. The van der Waals surface area contributed by atoms with Gasteiger partial charge in [-0.25, -0.2) is 9.46 Å². The van der Waals surface area contributed by atoms with Crippen molar-refractivity contribution in [2.45, 2.75) is 74.6 Å². The molecule has 1 aliphatic heterocycles. The van der Waals surface area contributed by atoms with E-state index in [4.69, 9.17) is 32.7 Å². The van der Waals surface area contributed by atoms with Crippen LogP contribution in [0.3, 0.4) is 0 Å². The number of H-pyrrole nitrogens is 1. The normalized spacial score (nSPS) is 18.9. The van der Waals surface area contributed by atoms with Crippen LogP contribution in [0.5, 0.6) is 11.5 Å². The molecule has 3 aromatic carbocycles. The lowest BCUT2D eigenvalue weighted by molar-refractivity contribution is -0.0618. The maximum absolute atomic E-state index is 13.4. The summed E-state index contributed by atoms with van der Waals surface area (Å²) in [5, 5.41) is 8.33. The molecule has 4 aromatic rings. The monoisotopic (exact) mass is 820 g/mol. The van der Waals surface area contributed by atoms with Crippen molar-refractivity contribution in [3.63, 3.8) is 0 Å². The van der Waals surface area contributed by atoms with Gasteiger partial charge in [-0.05, 0) is 68.7 Å². The second-order valence-electron chi connectivity index (χ2n) is 13.8. The fourth-order valence-electron chi connectivity index (χ4n) is 6.95. The molecule has 0 aliphatic carbocycles. The van der Waals surface area contributed by atoms with Crippen molar-refractivity contribution in [1.29, 1.82) is 5.26 Å². The topological polar surface area (TPSA) is 146 Å². The number of ether oxygens (including phenoxy) is 5. The van der Waals surface area contributed by atoms with Gasteiger partial charge in [0, 0.05) is 31.5 Å². The minimum absolute atomic E-state index is 0.0308. The van der Waals surface area contributed by atoms with Crippen molar-refractivity contribution >= 4 is 20.3 Å². The fourth-order valence-corrected chi connectivity index (χ4v) is 10.4. The zero-order valence-corrected chi connectivity index (χ0v) is 35.2. The second kappa shape index (κ2) is 21.1. The molecule has 0 amide bonds. The van der Waals surface area contributed by atoms with E-state index in [0.717, 1.165) is 16.7 Å². The molecular weight excluding hydrogens is 768 g/mol. The number of rotatable bonds is 21. The van der Waals surface area contributed by atoms with Gasteiger partial charge < -0.3 is 32.7 Å². The highest BCUT2D eigenvalue weighted by molar-refractivity contribution is 8.00. The smallest absolute Gasteiger partial charge is 0.329 e. The number of hydrogen-bond donors (Lipinski definition) is 1. The Balaban J connectivity index is 1.67. The fraction of sp³-hybridized carbons (Fsp3) is 0.452. The van der Waals surface area contributed by atoms with Crippen molar-refractivity contribution in [1.82, 2.24) is 14.2 Å². The summed E-state index contributed by atoms with van der Waals surface area (Å²) in [6.07, 6.45) is 0.241. The Kier molecular flexibility index (Phi) is 16.3. The van der Waals surface area contributed by atoms with Crippen LogP contribution >= 0.6 is 20.3 Å². The van der Waals surface area contributed by atoms with E-state index >= 15 is 0 Å². The number of nitriles is 1. The van der Waals surface area contributed by atoms with Crippen LogP contribution in [0.25, 0.3) is 0 Å². The summed E-state index contributed by atoms with van der Waals surface area (Å²) in [5.41, 5.74) is 0.377. The van der Waals surface area contributed by atoms with E-state index in [-0.39, 0.29) is 38.3 Å². The van der Waals surface area contributed by atoms with E-state index in [1.54, 1.807) is 21.3 Å². The van der Waals surface area contributed by atoms with Crippen molar-refractivity contribution in [3.8, 4) is 17.6 Å². The predicted molar refractivity (Wildman–Crippen MR) is 222 cm³/mol. The zero-order chi connectivity index (χ0) is 41.0. The highest BCUT2D eigenvalue weighted by Gasteiger charge is 2.51. The zero-order valence-electron chi connectivity index (χ0n) is 33.5. The van der Waals surface area contributed by atoms with E-state index < -0.39 is 48.2 Å². The molecule has 57 heavy (non-hydrogen) atoms. The van der Waals surface area contributed by atoms with Gasteiger partial charge in [-0.15, -0.1) is 11.8 Å². The van der Waals surface area contributed by atoms with Gasteiger partial charge in [0.25, 0.3) is 14.1 Å². The first-order valence-electron chi connectivity index (χ1n) is 18.9. The van der Waals surface area contributed by atoms with Crippen LogP contribution in [0.15, 0.2) is 101 Å². The Morgan fingerprint density at radius 1 is 0.825 bits per heavy atom. The minimum Gasteiger partial charge on any atom is -0.497 e. The summed E-state index contributed by atoms with van der Waals surface area (Å²) < 4.78 is 47.6. The van der Waals surface area contributed by atoms with Gasteiger partial charge in [-0.2, -0.15) is 5.26 Å². The molecule has 0 saturated carbocycles. The van der Waals surface area contributed by atoms with E-state index in [1.807, 2.05) is 78.9 Å². The van der Waals surface area contributed by atoms with Crippen LogP contribution in [0, 0.1) is 11.3 Å². The Morgan fingerprint density at radius 2 is 1.42 bits per heavy atom. The summed E-state index contributed by atoms with van der Waals surface area (Å²) in [6.45, 7) is 9.08. The molecule has 0 radical (unpaired) electrons. The molecule has 1 N–H and O–H groups in total. The molecule has 15 heteroatoms. The molecule has 1 fully saturated rings. The number of nitrogens with one attached hydrogen (secondary N) is 1. The Bertz CT molecular complexity index is 1930. The molecule has 5 atom stereocenters. The molecule has 0 bridgehead atoms. The second-order valence-corrected chi connectivity index (χ2v) is 16.6. The number of hydrogen-bond acceptors (Lipinski definition) is 12. The standard InChI is InChI=1S/C42H53N4O9PS/c1-29(2)46(30(3)4)56(54-25-11-23-43)55-38-36(57-40(39(38)52-27-26-49-5)45-24-22-37(47)44-41(45)48)28-53-42(31-12-9-8-10-13-31,32-14-18-34(50-6)19-15-32)33-16-20-35(51-7)21-17-33/h8-10,12-22,24,29-30,36,38-40H,11,25-28H2,1-7H3,(H,44,47,48)/t36-,38-,39-,40-,56?/m1/s1. The molecule has 5 rings (SSSR count). The lowest BCUT2D eigenvalue weighted by Gasteiger charge is -2.40. The van der Waals surface area contributed by atoms with E-state index in [0.29, 0.717) is 18.1 Å². The van der Waals surface area contributed by atoms with Crippen LogP contribution < -0.4 is 20.7 Å². The highest BCUT2D eigenvalue weighted by Crippen LogP contribution is 2.54. The van der Waals surface area contributed by atoms with Crippen LogP contribution in [0.2, 0.25) is 0 Å². The average molecular weight is 821 g/mol. The van der Waals surface area contributed by atoms with Crippen molar-refractivity contribution < 1.29 is 32.7 Å². The molecule has 1 aromatic heterocycles. The summed E-state index contributed by atoms with van der Waals surface area (Å²) in [7, 11) is 3.10. The third-order valence-corrected chi connectivity index (χ3v) is 13.2. The maximum atomic E-state index is 13.4. The number of aromatic nitrogens is 2. The quantitative estimate of drug-likeness (QED) is 0.0532. The predicted octanol–water partition coefficient (Wildman–Crippen LogP) is 6.87. The van der Waals surface area contributed by atoms with Gasteiger partial charge in [0.1, 0.15) is 34.7 Å². The molecule has 0 spiro atoms. The van der Waals surface area contributed by atoms with Gasteiger partial charge in [0.05, 0.1) is 58.4 Å². The largest absolute Gasteiger partial charge is 0.497 e. The molecule has 1 aliphatic rings. The number of aromatic amines is 1. The summed E-state index contributed by atoms with van der Waals surface area (Å²) in [6, 6.07) is 29.2. The number of methoxy groups -OCH3 is 3. The molecule has 13 nitrogen and oxygen atoms in total. The number of thioether (sulfide) groups is 1. The third kappa shape index (κ3) is 10.5. The van der Waals surface area contributed by atoms with Crippen LogP contribution in [-0.4, -0.2) is 91.5 Å². The van der Waals surface area contributed by atoms with Gasteiger partial charge >= 0.3 is 5.69 Å². The first kappa shape index (κ1) is 44.1. The molecule has 1 saturated heterocycles. The van der Waals surface area contributed by atoms with Crippen LogP contribution in [0.4, 0.5) is 0 Å². The SMILES string of the molecule is COCCO[C@@H]1[C@H](OP(OCCC#N)N(C(C)C)C(C)C)[C@@H](COC(c2ccccc2)(c2ccc(OC)cc2)c2ccc(OC)cc2)S[C@H]1n1ccc(=O)[nH]c1=O. The molecule has 2 heterocycles. The Morgan fingerprint density at radius 3 is 1.95 bits per heavy atom. The maximum Gasteiger partial charge on any atom is 0.329 e. The van der Waals surface area contributed by atoms with Crippen molar-refractivity contribution in [2.75, 3.05) is 47.8 Å². The van der Waals surface area contributed by atoms with Crippen molar-refractivity contribution in [3.05, 3.63) is 129 Å². The summed E-state index contributed by atoms with van der Waals surface area (Å²) in [4.78, 5) is 28.1. The lowest BCUT2D eigenvalue weighted by Crippen LogP contribution is -2.43. The highest BCUT2D eigenvalue weighted by atomic mass is 32.2. The van der Waals surface area contributed by atoms with Crippen molar-refractivity contribution in [2.24, 2.45) is 0 Å². The minimum atomic E-state index is -1.75. The Labute approximate surface area is 340 Å². The van der Waals surface area contributed by atoms with Crippen LogP contribution in [0.1, 0.15) is 56.2 Å². The van der Waals surface area contributed by atoms with Gasteiger partial charge in [-0.1, -0.05) is 54.6 Å². The van der Waals surface area contributed by atoms with Gasteiger partial charge in [0.15, 0.2) is 0 Å². The first-order chi connectivity index (χ1) is 27.6. The van der Waals surface area contributed by atoms with Gasteiger partial charge in [0.2, 0.25) is 0 Å². The summed E-state index contributed by atoms with van der Waals surface area (Å²) >= 11 is 1.46. The average Bonchev–Trinajstić information content (AvgIpc) is 3.54. The van der Waals surface area contributed by atoms with Gasteiger partial charge in [-0.3, -0.25) is 14.3 Å². The first-order valence-corrected chi connectivity index (χ1v) is 21.0. The molecule has 306 valence electrons. The van der Waals surface area contributed by atoms with E-state index in [1.165, 1.54) is 28.6 Å². The van der Waals surface area contributed by atoms with Crippen LogP contribution in [-0.2, 0) is 28.9 Å². The molecular formula is C42H53N4O9PS. The number of benzene rings is 3. The van der Waals surface area contributed by atoms with E-state index in [2.05, 4.69) is 43.4 Å². The Hall–Kier alpha value is -4.03. The lowest BCUT2D eigenvalue weighted by atomic mass is 9.80.